The normalized spacial score (nSPS) is 9.13. The third-order valence-corrected chi connectivity index (χ3v) is 1.18. The topological polar surface area (TPSA) is 101 Å². The Morgan fingerprint density at radius 3 is 2.07 bits per heavy atom. The molecule has 90 valence electrons. The van der Waals surface area contributed by atoms with Crippen molar-refractivity contribution in [3.63, 3.8) is 0 Å². The van der Waals surface area contributed by atoms with Gasteiger partial charge in [0.25, 0.3) is 11.4 Å². The minimum Gasteiger partial charge on any atom is -0.466 e. The summed E-state index contributed by atoms with van der Waals surface area (Å²) in [6.45, 7) is 3.98. The van der Waals surface area contributed by atoms with Crippen LogP contribution in [0.5, 0.6) is 0 Å². The second kappa shape index (κ2) is 11.3. The minimum absolute atomic E-state index is 0.0362. The van der Waals surface area contributed by atoms with Gasteiger partial charge in [-0.25, -0.2) is 0 Å². The van der Waals surface area contributed by atoms with Crippen LogP contribution in [0.15, 0.2) is 0 Å². The lowest BCUT2D eigenvalue weighted by Gasteiger charge is -1.98. The molecule has 2 N–H and O–H groups in total. The molecule has 0 aliphatic carbocycles. The molecule has 0 unspecified atom stereocenters. The van der Waals surface area contributed by atoms with Crippen molar-refractivity contribution in [2.45, 2.75) is 33.1 Å². The van der Waals surface area contributed by atoms with Crippen molar-refractivity contribution in [3.05, 3.63) is 0 Å². The predicted molar refractivity (Wildman–Crippen MR) is 54.6 cm³/mol. The molecule has 0 fully saturated rings. The van der Waals surface area contributed by atoms with Crippen molar-refractivity contribution in [2.24, 2.45) is 0 Å². The molecular weight excluding hydrogens is 224 g/mol. The van der Waals surface area contributed by atoms with Crippen LogP contribution in [0, 0.1) is 0 Å². The molecule has 0 rings (SSSR count). The van der Waals surface area contributed by atoms with E-state index in [-0.39, 0.29) is 12.2 Å². The summed E-state index contributed by atoms with van der Waals surface area (Å²) in [4.78, 5) is 21.5. The highest BCUT2D eigenvalue weighted by molar-refractivity contribution is 7.73. The molecule has 0 bridgehead atoms. The fraction of sp³-hybridized carbons (Fsp3) is 0.750. The number of rotatable bonds is 5. The number of ketones is 1. The van der Waals surface area contributed by atoms with E-state index >= 15 is 0 Å². The molecule has 0 aromatic rings. The second-order valence-corrected chi connectivity index (χ2v) is 2.96. The van der Waals surface area contributed by atoms with Crippen LogP contribution in [-0.4, -0.2) is 31.7 Å². The van der Waals surface area contributed by atoms with Crippen LogP contribution in [0.1, 0.15) is 33.1 Å². The molecule has 0 aliphatic heterocycles. The van der Waals surface area contributed by atoms with Gasteiger partial charge in [-0.2, -0.15) is 4.21 Å². The summed E-state index contributed by atoms with van der Waals surface area (Å²) in [5, 5.41) is 0. The Bertz CT molecular complexity index is 195. The van der Waals surface area contributed by atoms with E-state index in [2.05, 4.69) is 4.74 Å². The first-order chi connectivity index (χ1) is 6.93. The molecule has 6 nitrogen and oxygen atoms in total. The highest BCUT2D eigenvalue weighted by Crippen LogP contribution is 1.95. The van der Waals surface area contributed by atoms with Gasteiger partial charge in [-0.3, -0.25) is 18.7 Å². The smallest absolute Gasteiger partial charge is 0.313 e. The first-order valence-electron chi connectivity index (χ1n) is 4.41. The zero-order valence-corrected chi connectivity index (χ0v) is 9.58. The highest BCUT2D eigenvalue weighted by atomic mass is 32.2. The van der Waals surface area contributed by atoms with Gasteiger partial charge in [0, 0.05) is 6.42 Å². The predicted octanol–water partition coefficient (Wildman–Crippen LogP) is 0.990. The summed E-state index contributed by atoms with van der Waals surface area (Å²) in [6, 6.07) is 0. The molecule has 0 aromatic carbocycles. The Morgan fingerprint density at radius 2 is 1.73 bits per heavy atom. The summed E-state index contributed by atoms with van der Waals surface area (Å²) in [6.07, 6.45) is 1.19. The first kappa shape index (κ1) is 16.6. The summed E-state index contributed by atoms with van der Waals surface area (Å²) >= 11 is -2.61. The van der Waals surface area contributed by atoms with Crippen molar-refractivity contribution < 1.29 is 27.6 Å². The van der Waals surface area contributed by atoms with Gasteiger partial charge in [0.05, 0.1) is 6.61 Å². The SMILES string of the molecule is CCCC(=O)CC(=O)OCC.O=S(O)O. The van der Waals surface area contributed by atoms with E-state index in [1.807, 2.05) is 6.92 Å². The van der Waals surface area contributed by atoms with Crippen molar-refractivity contribution in [1.29, 1.82) is 0 Å². The Balaban J connectivity index is 0. The van der Waals surface area contributed by atoms with E-state index in [9.17, 15) is 9.59 Å². The highest BCUT2D eigenvalue weighted by Gasteiger charge is 2.07. The van der Waals surface area contributed by atoms with Crippen LogP contribution in [0.4, 0.5) is 0 Å². The van der Waals surface area contributed by atoms with Crippen molar-refractivity contribution in [1.82, 2.24) is 0 Å². The lowest BCUT2D eigenvalue weighted by atomic mass is 10.2. The largest absolute Gasteiger partial charge is 0.466 e. The Hall–Kier alpha value is -0.790. The zero-order chi connectivity index (χ0) is 12.3. The van der Waals surface area contributed by atoms with Crippen LogP contribution in [-0.2, 0) is 25.7 Å². The van der Waals surface area contributed by atoms with E-state index in [0.717, 1.165) is 6.42 Å². The van der Waals surface area contributed by atoms with Gasteiger partial charge in [-0.15, -0.1) is 0 Å². The standard InChI is InChI=1S/C8H14O3.H2O3S/c1-3-5-7(9)6-8(10)11-4-2;1-4(2)3/h3-6H2,1-2H3;(H2,1,2,3). The Kier molecular flexibility index (Phi) is 12.5. The van der Waals surface area contributed by atoms with E-state index in [1.54, 1.807) is 6.92 Å². The van der Waals surface area contributed by atoms with Gasteiger partial charge in [-0.1, -0.05) is 6.92 Å². The van der Waals surface area contributed by atoms with Crippen LogP contribution in [0.3, 0.4) is 0 Å². The molecule has 0 radical (unpaired) electrons. The molecule has 0 saturated heterocycles. The summed E-state index contributed by atoms with van der Waals surface area (Å²) in [7, 11) is 0. The third-order valence-electron chi connectivity index (χ3n) is 1.18. The molecule has 0 aliphatic rings. The van der Waals surface area contributed by atoms with Gasteiger partial charge >= 0.3 is 5.97 Å². The van der Waals surface area contributed by atoms with Gasteiger partial charge in [0.1, 0.15) is 12.2 Å². The van der Waals surface area contributed by atoms with Crippen LogP contribution < -0.4 is 0 Å². The summed E-state index contributed by atoms with van der Waals surface area (Å²) < 4.78 is 27.4. The quantitative estimate of drug-likeness (QED) is 0.422. The molecule has 0 spiro atoms. The number of Topliss-reactive ketones (excluding diaryl/α,β-unsaturated/α-hetero) is 1. The molecule has 0 heterocycles. The van der Waals surface area contributed by atoms with Crippen molar-refractivity contribution in [2.75, 3.05) is 6.61 Å². The minimum atomic E-state index is -2.61. The second-order valence-electron chi connectivity index (χ2n) is 2.50. The monoisotopic (exact) mass is 240 g/mol. The number of hydrogen-bond donors (Lipinski definition) is 2. The number of carbonyl (C=O) groups excluding carboxylic acids is 2. The number of esters is 1. The Morgan fingerprint density at radius 1 is 1.27 bits per heavy atom. The molecule has 0 aromatic heterocycles. The van der Waals surface area contributed by atoms with Gasteiger partial charge < -0.3 is 4.74 Å². The number of carbonyl (C=O) groups is 2. The molecule has 7 heteroatoms. The van der Waals surface area contributed by atoms with Crippen molar-refractivity contribution >= 4 is 23.1 Å². The first-order valence-corrected chi connectivity index (χ1v) is 5.47. The molecule has 0 saturated carbocycles. The summed E-state index contributed by atoms with van der Waals surface area (Å²) in [5.74, 6) is -0.447. The fourth-order valence-electron chi connectivity index (χ4n) is 0.740. The molecule has 0 amide bonds. The van der Waals surface area contributed by atoms with E-state index in [4.69, 9.17) is 13.3 Å². The average molecular weight is 240 g/mol. The maximum absolute atomic E-state index is 10.8. The average Bonchev–Trinajstić information content (AvgIpc) is 2.03. The maximum atomic E-state index is 10.8. The van der Waals surface area contributed by atoms with E-state index in [0.29, 0.717) is 13.0 Å². The molecular formula is C8H16O6S. The van der Waals surface area contributed by atoms with Crippen LogP contribution in [0.2, 0.25) is 0 Å². The molecule has 0 atom stereocenters. The fourth-order valence-corrected chi connectivity index (χ4v) is 0.740. The maximum Gasteiger partial charge on any atom is 0.313 e. The molecule has 15 heavy (non-hydrogen) atoms. The van der Waals surface area contributed by atoms with Crippen molar-refractivity contribution in [3.8, 4) is 0 Å². The van der Waals surface area contributed by atoms with Gasteiger partial charge in [0.2, 0.25) is 0 Å². The summed E-state index contributed by atoms with van der Waals surface area (Å²) in [5.41, 5.74) is 0. The van der Waals surface area contributed by atoms with E-state index < -0.39 is 17.3 Å². The van der Waals surface area contributed by atoms with Crippen LogP contribution >= 0.6 is 0 Å². The lowest BCUT2D eigenvalue weighted by Crippen LogP contribution is -2.10. The number of hydrogen-bond acceptors (Lipinski definition) is 4. The van der Waals surface area contributed by atoms with E-state index in [1.165, 1.54) is 0 Å². The zero-order valence-electron chi connectivity index (χ0n) is 8.76. The third kappa shape index (κ3) is 19.6. The van der Waals surface area contributed by atoms with Gasteiger partial charge in [0.15, 0.2) is 0 Å². The van der Waals surface area contributed by atoms with Gasteiger partial charge in [-0.05, 0) is 13.3 Å². The lowest BCUT2D eigenvalue weighted by molar-refractivity contribution is -0.145. The van der Waals surface area contributed by atoms with Crippen LogP contribution in [0.25, 0.3) is 0 Å². The Labute approximate surface area is 91.1 Å². The number of ether oxygens (including phenoxy) is 1.